The van der Waals surface area contributed by atoms with Crippen LogP contribution in [-0.4, -0.2) is 351 Å². The van der Waals surface area contributed by atoms with E-state index < -0.39 is 23.4 Å². The van der Waals surface area contributed by atoms with Gasteiger partial charge in [0.25, 0.3) is 0 Å². The summed E-state index contributed by atoms with van der Waals surface area (Å²) >= 11 is 0. The van der Waals surface area contributed by atoms with Crippen LogP contribution in [0.2, 0.25) is 0 Å². The van der Waals surface area contributed by atoms with Gasteiger partial charge in [-0.15, -0.1) is 0 Å². The second kappa shape index (κ2) is 136. The summed E-state index contributed by atoms with van der Waals surface area (Å²) in [4.78, 5) is 23.5. The predicted molar refractivity (Wildman–Crippen MR) is 494 cm³/mol. The molecule has 0 aromatic carbocycles. The van der Waals surface area contributed by atoms with E-state index in [1.54, 1.807) is 41.5 Å². The highest BCUT2D eigenvalue weighted by Gasteiger charge is 2.18. The molecule has 0 aromatic heterocycles. The van der Waals surface area contributed by atoms with E-state index >= 15 is 0 Å². The Morgan fingerprint density at radius 1 is 0.224 bits per heavy atom. The smallest absolute Gasteiger partial charge is 0.407 e. The Bertz CT molecular complexity index is 1450. The Morgan fingerprint density at radius 2 is 0.371 bits per heavy atom. The average molecular weight is 1720 g/mol. The lowest BCUT2D eigenvalue weighted by atomic mass is 10.2. The maximum absolute atomic E-state index is 11.7. The summed E-state index contributed by atoms with van der Waals surface area (Å²) in [6.07, 6.45) is -0.139. The second-order valence-electron chi connectivity index (χ2n) is 22.7. The van der Waals surface area contributed by atoms with Crippen molar-refractivity contribution in [3.8, 4) is 0 Å². The van der Waals surface area contributed by atoms with Gasteiger partial charge in [0.2, 0.25) is 0 Å². The van der Waals surface area contributed by atoms with E-state index in [0.717, 1.165) is 12.8 Å². The van der Waals surface area contributed by atoms with Gasteiger partial charge in [0.05, 0.1) is 251 Å². The quantitative estimate of drug-likeness (QED) is 0.0308. The Balaban J connectivity index is -0.0000000667. The average Bonchev–Trinajstić information content (AvgIpc) is 0.884. The first-order valence-corrected chi connectivity index (χ1v) is 34.2. The van der Waals surface area contributed by atoms with Crippen LogP contribution in [0.25, 0.3) is 0 Å². The van der Waals surface area contributed by atoms with E-state index in [1.807, 2.05) is 0 Å². The van der Waals surface area contributed by atoms with E-state index in [1.165, 1.54) is 0 Å². The highest BCUT2D eigenvalue weighted by atomic mass is 16.6. The lowest BCUT2D eigenvalue weighted by Crippen LogP contribution is -2.34. The van der Waals surface area contributed by atoms with Gasteiger partial charge in [-0.05, 0) is 54.4 Å². The summed E-state index contributed by atoms with van der Waals surface area (Å²) < 4.78 is 135. The maximum Gasteiger partial charge on any atom is 0.407 e. The third-order valence-electron chi connectivity index (χ3n) is 11.3. The van der Waals surface area contributed by atoms with Crippen LogP contribution in [-0.2, 0) is 114 Å². The van der Waals surface area contributed by atoms with Gasteiger partial charge in [-0.1, -0.05) is 162 Å². The number of ether oxygens (including phenoxy) is 24. The summed E-state index contributed by atoms with van der Waals surface area (Å²) in [5, 5.41) is 5.29. The molecule has 32 nitrogen and oxygen atoms in total. The molecular formula is C84H214N6O26. The number of amides is 2. The molecule has 0 aliphatic rings. The number of rotatable bonds is 74. The molecular weight excluding hydrogens is 1510 g/mol. The van der Waals surface area contributed by atoms with Crippen LogP contribution in [0.15, 0.2) is 0 Å². The number of nitrogens with one attached hydrogen (secondary N) is 2. The van der Waals surface area contributed by atoms with Gasteiger partial charge in [-0.25, -0.2) is 9.59 Å². The number of hydrogen-bond acceptors (Lipinski definition) is 30. The SMILES string of the molecule is C.C.C.C.C.C.C.C.C.C.C.C.C.C.C.C.C.C.C.C.CCCOCCOCC(COCCOCCC)OCCOCCOC(COCCOCCNC(=O)OC(C)(C)C)COCCOCCNC(=O)OC(C)(C)C.NCCOCCOCC(COCCOCCN)OCCOCCOC(COCCOCCN)COCCOCCN. The molecule has 2 amide bonds. The van der Waals surface area contributed by atoms with Gasteiger partial charge in [0.1, 0.15) is 35.6 Å². The zero-order valence-corrected chi connectivity index (χ0v) is 60.2. The van der Waals surface area contributed by atoms with E-state index in [4.69, 9.17) is 137 Å². The van der Waals surface area contributed by atoms with Crippen LogP contribution in [0, 0.1) is 0 Å². The Morgan fingerprint density at radius 3 is 0.534 bits per heavy atom. The molecule has 0 aliphatic heterocycles. The lowest BCUT2D eigenvalue weighted by Gasteiger charge is -2.20. The highest BCUT2D eigenvalue weighted by Crippen LogP contribution is 2.08. The zero-order chi connectivity index (χ0) is 70.8. The van der Waals surface area contributed by atoms with Crippen LogP contribution < -0.4 is 33.6 Å². The first-order valence-electron chi connectivity index (χ1n) is 34.2. The van der Waals surface area contributed by atoms with Crippen molar-refractivity contribution in [1.29, 1.82) is 0 Å². The Kier molecular flexibility index (Phi) is 201. The predicted octanol–water partition coefficient (Wildman–Crippen LogP) is 14.2. The molecule has 10 N–H and O–H groups in total. The molecule has 0 fully saturated rings. The summed E-state index contributed by atoms with van der Waals surface area (Å²) in [5.41, 5.74) is 20.5. The van der Waals surface area contributed by atoms with Crippen LogP contribution in [0.1, 0.15) is 217 Å². The number of carbonyl (C=O) groups excluding carboxylic acids is 2. The monoisotopic (exact) mass is 1720 g/mol. The summed E-state index contributed by atoms with van der Waals surface area (Å²) in [6.45, 7) is 34.5. The van der Waals surface area contributed by atoms with Crippen molar-refractivity contribution in [1.82, 2.24) is 10.6 Å². The van der Waals surface area contributed by atoms with Crippen molar-refractivity contribution in [2.24, 2.45) is 22.9 Å². The normalized spacial score (nSPS) is 9.93. The third-order valence-corrected chi connectivity index (χ3v) is 11.3. The van der Waals surface area contributed by atoms with Crippen molar-refractivity contribution in [2.45, 2.75) is 252 Å². The van der Waals surface area contributed by atoms with Gasteiger partial charge >= 0.3 is 12.2 Å². The van der Waals surface area contributed by atoms with Crippen LogP contribution >= 0.6 is 0 Å². The molecule has 736 valence electrons. The van der Waals surface area contributed by atoms with Crippen LogP contribution in [0.5, 0.6) is 0 Å². The number of carbonyl (C=O) groups is 2. The van der Waals surface area contributed by atoms with Crippen molar-refractivity contribution in [3.05, 3.63) is 0 Å². The zero-order valence-electron chi connectivity index (χ0n) is 60.2. The lowest BCUT2D eigenvalue weighted by molar-refractivity contribution is -0.0961. The van der Waals surface area contributed by atoms with Crippen molar-refractivity contribution in [3.63, 3.8) is 0 Å². The van der Waals surface area contributed by atoms with Gasteiger partial charge in [-0.2, -0.15) is 0 Å². The van der Waals surface area contributed by atoms with Gasteiger partial charge < -0.3 is 147 Å². The number of nitrogens with two attached hydrogens (primary N) is 4. The number of hydrogen-bond donors (Lipinski definition) is 6. The number of alkyl carbamates (subject to hydrolysis) is 2. The fraction of sp³-hybridized carbons (Fsp3) is 0.976. The van der Waals surface area contributed by atoms with Crippen molar-refractivity contribution in [2.75, 3.05) is 304 Å². The molecule has 0 heterocycles. The maximum atomic E-state index is 11.7. The summed E-state index contributed by atoms with van der Waals surface area (Å²) in [7, 11) is 0. The molecule has 0 unspecified atom stereocenters. The minimum atomic E-state index is -0.558. The molecule has 0 spiro atoms. The van der Waals surface area contributed by atoms with Crippen LogP contribution in [0.3, 0.4) is 0 Å². The minimum Gasteiger partial charge on any atom is -0.444 e. The van der Waals surface area contributed by atoms with Crippen molar-refractivity contribution >= 4 is 12.2 Å². The van der Waals surface area contributed by atoms with E-state index in [0.29, 0.717) is 290 Å². The first kappa shape index (κ1) is 172. The van der Waals surface area contributed by atoms with E-state index in [9.17, 15) is 9.59 Å². The molecule has 0 saturated heterocycles. The molecule has 0 bridgehead atoms. The highest BCUT2D eigenvalue weighted by molar-refractivity contribution is 5.67. The fourth-order valence-corrected chi connectivity index (χ4v) is 7.05. The van der Waals surface area contributed by atoms with Crippen molar-refractivity contribution < 1.29 is 123 Å². The second-order valence-corrected chi connectivity index (χ2v) is 22.7. The molecule has 32 heteroatoms. The molecule has 116 heavy (non-hydrogen) atoms. The van der Waals surface area contributed by atoms with Gasteiger partial charge in [0.15, 0.2) is 0 Å². The first-order chi connectivity index (χ1) is 46.6. The molecule has 0 aromatic rings. The molecule has 0 atom stereocenters. The van der Waals surface area contributed by atoms with Crippen LogP contribution in [0.4, 0.5) is 9.59 Å². The third kappa shape index (κ3) is 143. The van der Waals surface area contributed by atoms with E-state index in [-0.39, 0.29) is 186 Å². The standard InChI is InChI=1S/C38H76N2O15.C26H58N4O11.20CH4/c1-9-13-43-17-21-48-29-33(30-49-22-18-44-14-10-2)52-27-25-47-26-28-53-34(31-50-23-19-45-15-11-39-35(41)54-37(3,4)5)32-51-24-20-46-16-12-40-36(42)55-38(6,7)8;27-1-5-31-9-13-36-21-25(22-37-14-10-32-6-2-28)40-19-17-35-18-20-41-26(23-38-15-11-33-7-3-29)24-39-16-12-34-8-4-30;;;;;;;;;;;;;;;;;;;;/h33-34H,9-32H2,1-8H3,(H,39,41)(H,40,42);25-26H,1-24,27-30H2;20*1H4. The van der Waals surface area contributed by atoms with Gasteiger partial charge in [-0.3, -0.25) is 0 Å². The minimum absolute atomic E-state index is 0. The van der Waals surface area contributed by atoms with E-state index in [2.05, 4.69) is 24.5 Å². The molecule has 0 rings (SSSR count). The topological polar surface area (TPSA) is 384 Å². The molecule has 0 saturated carbocycles. The van der Waals surface area contributed by atoms with Gasteiger partial charge in [0, 0.05) is 52.5 Å². The Labute approximate surface area is 722 Å². The summed E-state index contributed by atoms with van der Waals surface area (Å²) in [5.74, 6) is 0. The largest absolute Gasteiger partial charge is 0.444 e. The molecule has 0 aliphatic carbocycles. The fourth-order valence-electron chi connectivity index (χ4n) is 7.05. The Hall–Kier alpha value is -2.50. The molecule has 0 radical (unpaired) electrons. The summed E-state index contributed by atoms with van der Waals surface area (Å²) in [6, 6.07) is 0.